The molecule has 4 nitrogen and oxygen atoms in total. The normalized spacial score (nSPS) is 11.8. The van der Waals surface area contributed by atoms with Crippen molar-refractivity contribution in [3.05, 3.63) is 194 Å². The Hall–Kier alpha value is -7.47. The van der Waals surface area contributed by atoms with Gasteiger partial charge in [-0.05, 0) is 68.6 Å². The zero-order chi connectivity index (χ0) is 38.2. The number of aromatic nitrogens is 4. The van der Waals surface area contributed by atoms with E-state index in [1.807, 2.05) is 17.4 Å². The molecule has 12 rings (SSSR count). The van der Waals surface area contributed by atoms with Crippen LogP contribution in [0.25, 0.3) is 115 Å². The van der Waals surface area contributed by atoms with Gasteiger partial charge in [0.15, 0.2) is 11.6 Å². The van der Waals surface area contributed by atoms with E-state index in [1.165, 1.54) is 36.5 Å². The van der Waals surface area contributed by atoms with Crippen LogP contribution in [0.15, 0.2) is 194 Å². The fourth-order valence-electron chi connectivity index (χ4n) is 8.58. The Kier molecular flexibility index (Phi) is 7.37. The van der Waals surface area contributed by atoms with Gasteiger partial charge in [0.25, 0.3) is 0 Å². The third kappa shape index (κ3) is 5.32. The highest BCUT2D eigenvalue weighted by atomic mass is 32.1. The average Bonchev–Trinajstić information content (AvgIpc) is 3.83. The van der Waals surface area contributed by atoms with Crippen LogP contribution in [0.3, 0.4) is 0 Å². The third-order valence-electron chi connectivity index (χ3n) is 11.4. The Balaban J connectivity index is 1.14. The lowest BCUT2D eigenvalue weighted by molar-refractivity contribution is 0.954. The number of hydrogen-bond donors (Lipinski definition) is 0. The molecule has 12 aromatic rings. The minimum absolute atomic E-state index is 0.575. The summed E-state index contributed by atoms with van der Waals surface area (Å²) in [6.45, 7) is 0. The number of para-hydroxylation sites is 1. The zero-order valence-electron chi connectivity index (χ0n) is 31.2. The third-order valence-corrected chi connectivity index (χ3v) is 12.6. The van der Waals surface area contributed by atoms with Gasteiger partial charge in [0.1, 0.15) is 0 Å². The molecule has 0 radical (unpaired) electrons. The molecule has 0 saturated heterocycles. The molecule has 0 atom stereocenters. The van der Waals surface area contributed by atoms with Gasteiger partial charge in [0.05, 0.1) is 11.0 Å². The quantitative estimate of drug-likeness (QED) is 0.176. The van der Waals surface area contributed by atoms with Crippen LogP contribution in [0.2, 0.25) is 0 Å². The first-order valence-corrected chi connectivity index (χ1v) is 20.3. The molecule has 0 aliphatic carbocycles. The first-order chi connectivity index (χ1) is 28.7. The highest BCUT2D eigenvalue weighted by Crippen LogP contribution is 2.42. The van der Waals surface area contributed by atoms with Crippen molar-refractivity contribution in [2.24, 2.45) is 0 Å². The van der Waals surface area contributed by atoms with Crippen LogP contribution in [-0.4, -0.2) is 19.5 Å². The van der Waals surface area contributed by atoms with Crippen molar-refractivity contribution in [3.63, 3.8) is 0 Å². The van der Waals surface area contributed by atoms with E-state index in [-0.39, 0.29) is 0 Å². The summed E-state index contributed by atoms with van der Waals surface area (Å²) in [7, 11) is 0. The lowest BCUT2D eigenvalue weighted by Gasteiger charge is -2.14. The monoisotopic (exact) mass is 756 g/mol. The minimum Gasteiger partial charge on any atom is -0.277 e. The Morgan fingerprint density at radius 1 is 0.345 bits per heavy atom. The van der Waals surface area contributed by atoms with Crippen molar-refractivity contribution >= 4 is 74.9 Å². The van der Waals surface area contributed by atoms with Crippen LogP contribution < -0.4 is 0 Å². The van der Waals surface area contributed by atoms with E-state index < -0.39 is 0 Å². The maximum atomic E-state index is 5.38. The standard InChI is InChI=1S/C53H32N4S/c1-2-11-33(12-3-1)35-21-24-36(25-22-35)51-54-52(41-26-23-34-13-4-5-14-37(34)29-41)56-53(55-51)57-47-31-39-16-7-6-15-38(39)30-46(47)45-19-10-18-42(50(45)57)40-27-28-44-43-17-8-9-20-48(43)58-49(44)32-40/h1-32H. The van der Waals surface area contributed by atoms with E-state index in [0.717, 1.165) is 60.4 Å². The van der Waals surface area contributed by atoms with Crippen molar-refractivity contribution in [2.45, 2.75) is 0 Å². The molecule has 0 bridgehead atoms. The maximum absolute atomic E-state index is 5.38. The molecular weight excluding hydrogens is 725 g/mol. The lowest BCUT2D eigenvalue weighted by atomic mass is 10.00. The van der Waals surface area contributed by atoms with Gasteiger partial charge >= 0.3 is 0 Å². The Labute approximate surface area is 338 Å². The lowest BCUT2D eigenvalue weighted by Crippen LogP contribution is -2.07. The molecule has 0 N–H and O–H groups in total. The molecular formula is C53H32N4S. The predicted molar refractivity (Wildman–Crippen MR) is 244 cm³/mol. The largest absolute Gasteiger partial charge is 0.277 e. The molecule has 5 heteroatoms. The maximum Gasteiger partial charge on any atom is 0.238 e. The SMILES string of the molecule is c1ccc(-c2ccc(-c3nc(-c4ccc5ccccc5c4)nc(-n4c5cc6ccccc6cc5c5cccc(-c6ccc7c(c6)sc6ccccc67)c54)n3)cc2)cc1. The summed E-state index contributed by atoms with van der Waals surface area (Å²) in [5.74, 6) is 1.82. The molecule has 58 heavy (non-hydrogen) atoms. The van der Waals surface area contributed by atoms with Crippen LogP contribution in [0, 0.1) is 0 Å². The van der Waals surface area contributed by atoms with Crippen molar-refractivity contribution < 1.29 is 0 Å². The second-order valence-corrected chi connectivity index (χ2v) is 15.9. The molecule has 0 amide bonds. The summed E-state index contributed by atoms with van der Waals surface area (Å²) >= 11 is 1.84. The number of thiophene rings is 1. The summed E-state index contributed by atoms with van der Waals surface area (Å²) in [4.78, 5) is 16.0. The second-order valence-electron chi connectivity index (χ2n) is 14.9. The van der Waals surface area contributed by atoms with E-state index in [4.69, 9.17) is 15.0 Å². The number of rotatable bonds is 5. The Bertz CT molecular complexity index is 3560. The Morgan fingerprint density at radius 3 is 1.78 bits per heavy atom. The fraction of sp³-hybridized carbons (Fsp3) is 0. The van der Waals surface area contributed by atoms with Gasteiger partial charge in [-0.15, -0.1) is 11.3 Å². The van der Waals surface area contributed by atoms with Gasteiger partial charge in [-0.25, -0.2) is 4.98 Å². The zero-order valence-corrected chi connectivity index (χ0v) is 32.0. The van der Waals surface area contributed by atoms with E-state index in [1.54, 1.807) is 0 Å². The van der Waals surface area contributed by atoms with Crippen molar-refractivity contribution in [1.29, 1.82) is 0 Å². The molecule has 0 saturated carbocycles. The van der Waals surface area contributed by atoms with Gasteiger partial charge in [0.2, 0.25) is 5.95 Å². The van der Waals surface area contributed by atoms with Crippen molar-refractivity contribution in [2.75, 3.05) is 0 Å². The van der Waals surface area contributed by atoms with Crippen LogP contribution in [0.4, 0.5) is 0 Å². The highest BCUT2D eigenvalue weighted by molar-refractivity contribution is 7.25. The van der Waals surface area contributed by atoms with Crippen LogP contribution in [0.1, 0.15) is 0 Å². The molecule has 0 aliphatic rings. The number of nitrogens with zero attached hydrogens (tertiary/aromatic N) is 4. The summed E-state index contributed by atoms with van der Waals surface area (Å²) in [5.41, 5.74) is 8.55. The van der Waals surface area contributed by atoms with Gasteiger partial charge in [-0.3, -0.25) is 4.57 Å². The van der Waals surface area contributed by atoms with Crippen LogP contribution in [0.5, 0.6) is 0 Å². The molecule has 3 aromatic heterocycles. The van der Waals surface area contributed by atoms with Gasteiger partial charge in [-0.1, -0.05) is 164 Å². The van der Waals surface area contributed by atoms with E-state index in [9.17, 15) is 0 Å². The number of fused-ring (bicyclic) bond motifs is 8. The number of hydrogen-bond acceptors (Lipinski definition) is 4. The molecule has 0 unspecified atom stereocenters. The molecule has 270 valence electrons. The molecule has 3 heterocycles. The average molecular weight is 757 g/mol. The van der Waals surface area contributed by atoms with Crippen LogP contribution in [-0.2, 0) is 0 Å². The van der Waals surface area contributed by atoms with Crippen molar-refractivity contribution in [1.82, 2.24) is 19.5 Å². The molecule has 0 fully saturated rings. The first-order valence-electron chi connectivity index (χ1n) is 19.5. The number of benzene rings is 9. The predicted octanol–water partition coefficient (Wildman–Crippen LogP) is 14.3. The van der Waals surface area contributed by atoms with Crippen molar-refractivity contribution in [3.8, 4) is 51.0 Å². The van der Waals surface area contributed by atoms with E-state index in [0.29, 0.717) is 17.6 Å². The smallest absolute Gasteiger partial charge is 0.238 e. The summed E-state index contributed by atoms with van der Waals surface area (Å²) in [6.07, 6.45) is 0. The molecule has 0 spiro atoms. The molecule has 0 aliphatic heterocycles. The minimum atomic E-state index is 0.575. The summed E-state index contributed by atoms with van der Waals surface area (Å²) in [5, 5.41) is 9.54. The summed E-state index contributed by atoms with van der Waals surface area (Å²) < 4.78 is 4.84. The van der Waals surface area contributed by atoms with E-state index >= 15 is 0 Å². The summed E-state index contributed by atoms with van der Waals surface area (Å²) in [6, 6.07) is 69.3. The highest BCUT2D eigenvalue weighted by Gasteiger charge is 2.22. The van der Waals surface area contributed by atoms with E-state index in [2.05, 4.69) is 193 Å². The van der Waals surface area contributed by atoms with Gasteiger partial charge in [0, 0.05) is 47.6 Å². The molecule has 9 aromatic carbocycles. The second kappa shape index (κ2) is 13.1. The Morgan fingerprint density at radius 2 is 0.948 bits per heavy atom. The first kappa shape index (κ1) is 32.7. The fourth-order valence-corrected chi connectivity index (χ4v) is 9.72. The van der Waals surface area contributed by atoms with Gasteiger partial charge < -0.3 is 0 Å². The van der Waals surface area contributed by atoms with Crippen LogP contribution >= 0.6 is 11.3 Å². The van der Waals surface area contributed by atoms with Gasteiger partial charge in [-0.2, -0.15) is 9.97 Å². The topological polar surface area (TPSA) is 43.6 Å².